The fraction of sp³-hybridized carbons (Fsp3) is 0.316. The van der Waals surface area contributed by atoms with Crippen molar-refractivity contribution >= 4 is 34.4 Å². The molecule has 12 heteroatoms. The first-order valence-electron chi connectivity index (χ1n) is 16.8. The number of hydrogen-bond donors (Lipinski definition) is 6. The Bertz CT molecular complexity index is 2200. The largest absolute Gasteiger partial charge is 0.476 e. The van der Waals surface area contributed by atoms with Crippen LogP contribution in [0.2, 0.25) is 0 Å². The maximum absolute atomic E-state index is 13.9. The summed E-state index contributed by atoms with van der Waals surface area (Å²) >= 11 is 0. The Morgan fingerprint density at radius 2 is 1.78 bits per heavy atom. The Labute approximate surface area is 287 Å². The number of oxazole rings is 1. The van der Waals surface area contributed by atoms with Crippen LogP contribution in [0.1, 0.15) is 72.6 Å². The normalized spacial score (nSPS) is 22.5. The van der Waals surface area contributed by atoms with Gasteiger partial charge in [-0.05, 0) is 41.2 Å². The molecule has 256 valence electrons. The molecule has 0 radical (unpaired) electrons. The minimum Gasteiger partial charge on any atom is -0.476 e. The van der Waals surface area contributed by atoms with Crippen molar-refractivity contribution < 1.29 is 33.8 Å². The number of aromatic carboxylic acids is 1. The van der Waals surface area contributed by atoms with Gasteiger partial charge in [0, 0.05) is 45.9 Å². The lowest BCUT2D eigenvalue weighted by Crippen LogP contribution is -2.52. The first kappa shape index (κ1) is 31.6. The van der Waals surface area contributed by atoms with Gasteiger partial charge < -0.3 is 40.3 Å². The molecule has 8 rings (SSSR count). The van der Waals surface area contributed by atoms with E-state index in [9.17, 15) is 24.6 Å². The van der Waals surface area contributed by atoms with Crippen molar-refractivity contribution in [2.45, 2.75) is 63.9 Å². The zero-order chi connectivity index (χ0) is 35.1. The number of nitrogens with one attached hydrogen (secondary N) is 4. The molecule has 5 aromatic rings. The number of ether oxygens (including phenoxy) is 1. The Hall–Kier alpha value is -5.62. The van der Waals surface area contributed by atoms with Gasteiger partial charge >= 0.3 is 5.97 Å². The highest BCUT2D eigenvalue weighted by molar-refractivity contribution is 6.00. The molecule has 6 N–H and O–H groups in total. The molecule has 3 aromatic carbocycles. The second-order valence-electron chi connectivity index (χ2n) is 14.0. The van der Waals surface area contributed by atoms with Crippen LogP contribution in [0.5, 0.6) is 5.75 Å². The van der Waals surface area contributed by atoms with Crippen molar-refractivity contribution in [2.24, 2.45) is 11.8 Å². The molecule has 2 amide bonds. The van der Waals surface area contributed by atoms with E-state index in [-0.39, 0.29) is 35.6 Å². The minimum absolute atomic E-state index is 0.0213. The molecular formula is C38H37N5O7. The summed E-state index contributed by atoms with van der Waals surface area (Å²) in [6.07, 6.45) is -0.137. The molecule has 0 saturated heterocycles. The fourth-order valence-corrected chi connectivity index (χ4v) is 7.63. The first-order valence-corrected chi connectivity index (χ1v) is 16.8. The molecule has 0 aliphatic carbocycles. The van der Waals surface area contributed by atoms with Crippen molar-refractivity contribution in [3.8, 4) is 16.9 Å². The molecule has 5 atom stereocenters. The van der Waals surface area contributed by atoms with Crippen molar-refractivity contribution in [2.75, 3.05) is 5.32 Å². The summed E-state index contributed by atoms with van der Waals surface area (Å²) in [6, 6.07) is 17.5. The summed E-state index contributed by atoms with van der Waals surface area (Å²) < 4.78 is 13.2. The lowest BCUT2D eigenvalue weighted by Gasteiger charge is -2.29. The molecule has 0 saturated carbocycles. The number of benzene rings is 3. The number of nitrogens with zero attached hydrogens (tertiary/aromatic N) is 1. The van der Waals surface area contributed by atoms with E-state index in [2.05, 4.69) is 25.9 Å². The van der Waals surface area contributed by atoms with Gasteiger partial charge in [0.2, 0.25) is 17.7 Å². The summed E-state index contributed by atoms with van der Waals surface area (Å²) in [5.74, 6) is -2.50. The molecule has 12 nitrogen and oxygen atoms in total. The third-order valence-electron chi connectivity index (χ3n) is 10.2. The van der Waals surface area contributed by atoms with Gasteiger partial charge in [0.15, 0.2) is 17.7 Å². The number of H-pyrrole nitrogens is 1. The van der Waals surface area contributed by atoms with Gasteiger partial charge in [0.1, 0.15) is 29.4 Å². The van der Waals surface area contributed by atoms with Crippen molar-refractivity contribution in [3.63, 3.8) is 0 Å². The topological polar surface area (TPSA) is 179 Å². The van der Waals surface area contributed by atoms with Crippen LogP contribution in [-0.4, -0.2) is 56.3 Å². The Kier molecular flexibility index (Phi) is 7.26. The lowest BCUT2D eigenvalue weighted by atomic mass is 9.72. The number of carbonyl (C=O) groups is 3. The van der Waals surface area contributed by atoms with E-state index in [1.54, 1.807) is 19.9 Å². The smallest absolute Gasteiger partial charge is 0.358 e. The highest BCUT2D eigenvalue weighted by atomic mass is 16.5. The Morgan fingerprint density at radius 3 is 2.54 bits per heavy atom. The SMILES string of the molecule is CC(C)[C@H](O)C(=O)N[C@H]1Cc2ccc3c(c2)C2(c4cccc(-c5cccc6[nH]ccc56)c4NC2O3)c2oc(nc2C(=O)O)[C@H](C(C)C)NC1=O. The molecule has 3 aliphatic rings. The number of amides is 2. The molecule has 1 spiro atoms. The van der Waals surface area contributed by atoms with Crippen molar-refractivity contribution in [1.82, 2.24) is 20.6 Å². The zero-order valence-electron chi connectivity index (χ0n) is 27.9. The standard InChI is InChI=1S/C38H37N5O7/c1-17(2)28-35-42-30(36(47)48)32(50-35)38-23-9-5-8-22(20-7-6-10-25-21(20)13-14-39-25)29(23)43-37(38)49-27-12-11-19(15-24(27)38)16-26(33(45)41-28)40-34(46)31(44)18(3)4/h5-15,17-18,26,28,31,37,39,43-44H,16H2,1-4H3,(H,40,46)(H,41,45)(H,47,48)/t26-,28-,31-,37?,38?/m0/s1. The lowest BCUT2D eigenvalue weighted by molar-refractivity contribution is -0.135. The Balaban J connectivity index is 1.38. The minimum atomic E-state index is -1.32. The van der Waals surface area contributed by atoms with Crippen LogP contribution >= 0.6 is 0 Å². The van der Waals surface area contributed by atoms with Gasteiger partial charge in [-0.15, -0.1) is 0 Å². The number of carboxylic acid groups (broad SMARTS) is 1. The number of anilines is 1. The van der Waals surface area contributed by atoms with Crippen LogP contribution in [0.3, 0.4) is 0 Å². The summed E-state index contributed by atoms with van der Waals surface area (Å²) in [4.78, 5) is 47.9. The average Bonchev–Trinajstić information content (AvgIpc) is 3.87. The van der Waals surface area contributed by atoms with Gasteiger partial charge in [-0.2, -0.15) is 0 Å². The number of carboxylic acids is 1. The number of rotatable bonds is 6. The Morgan fingerprint density at radius 1 is 1.00 bits per heavy atom. The summed E-state index contributed by atoms with van der Waals surface area (Å²) in [5.41, 5.74) is 4.13. The van der Waals surface area contributed by atoms with Gasteiger partial charge in [-0.1, -0.05) is 70.2 Å². The third kappa shape index (κ3) is 4.62. The molecule has 2 aromatic heterocycles. The van der Waals surface area contributed by atoms with E-state index in [0.717, 1.165) is 33.3 Å². The molecule has 2 unspecified atom stereocenters. The van der Waals surface area contributed by atoms with Crippen LogP contribution in [-0.2, 0) is 21.4 Å². The highest BCUT2D eigenvalue weighted by Crippen LogP contribution is 2.60. The van der Waals surface area contributed by atoms with E-state index in [1.165, 1.54) is 0 Å². The molecular weight excluding hydrogens is 638 g/mol. The quantitative estimate of drug-likeness (QED) is 0.146. The van der Waals surface area contributed by atoms with Crippen LogP contribution in [0.4, 0.5) is 5.69 Å². The summed E-state index contributed by atoms with van der Waals surface area (Å²) in [5, 5.41) is 31.5. The third-order valence-corrected chi connectivity index (χ3v) is 10.2. The van der Waals surface area contributed by atoms with Crippen LogP contribution < -0.4 is 20.7 Å². The monoisotopic (exact) mass is 675 g/mol. The number of para-hydroxylation sites is 1. The van der Waals surface area contributed by atoms with E-state index in [1.807, 2.05) is 74.6 Å². The van der Waals surface area contributed by atoms with Gasteiger partial charge in [0.05, 0.1) is 0 Å². The number of carbonyl (C=O) groups excluding carboxylic acids is 2. The molecule has 0 fully saturated rings. The van der Waals surface area contributed by atoms with Gasteiger partial charge in [-0.3, -0.25) is 9.59 Å². The molecule has 50 heavy (non-hydrogen) atoms. The summed E-state index contributed by atoms with van der Waals surface area (Å²) in [6.45, 7) is 7.15. The molecule has 3 aliphatic heterocycles. The first-order chi connectivity index (χ1) is 24.0. The number of aromatic nitrogens is 2. The second kappa shape index (κ2) is 11.5. The fourth-order valence-electron chi connectivity index (χ4n) is 7.63. The van der Waals surface area contributed by atoms with E-state index < -0.39 is 47.6 Å². The average molecular weight is 676 g/mol. The van der Waals surface area contributed by atoms with E-state index in [0.29, 0.717) is 16.9 Å². The van der Waals surface area contributed by atoms with E-state index >= 15 is 0 Å². The van der Waals surface area contributed by atoms with Gasteiger partial charge in [0.25, 0.3) is 0 Å². The molecule has 4 bridgehead atoms. The number of hydrogen-bond acceptors (Lipinski definition) is 8. The van der Waals surface area contributed by atoms with Crippen molar-refractivity contribution in [1.29, 1.82) is 0 Å². The predicted octanol–water partition coefficient (Wildman–Crippen LogP) is 4.87. The van der Waals surface area contributed by atoms with Crippen molar-refractivity contribution in [3.05, 3.63) is 101 Å². The number of aliphatic hydroxyl groups is 1. The van der Waals surface area contributed by atoms with E-state index in [4.69, 9.17) is 9.15 Å². The number of aliphatic hydroxyl groups excluding tert-OH is 1. The maximum atomic E-state index is 13.9. The highest BCUT2D eigenvalue weighted by Gasteiger charge is 2.61. The second-order valence-corrected chi connectivity index (χ2v) is 14.0. The van der Waals surface area contributed by atoms with Gasteiger partial charge in [-0.25, -0.2) is 9.78 Å². The summed E-state index contributed by atoms with van der Waals surface area (Å²) in [7, 11) is 0. The number of aromatic amines is 1. The predicted molar refractivity (Wildman–Crippen MR) is 184 cm³/mol. The molecule has 5 heterocycles. The van der Waals surface area contributed by atoms with Crippen LogP contribution in [0.25, 0.3) is 22.0 Å². The van der Waals surface area contributed by atoms with Crippen LogP contribution in [0.15, 0.2) is 71.3 Å². The maximum Gasteiger partial charge on any atom is 0.358 e. The zero-order valence-corrected chi connectivity index (χ0v) is 27.9. The van der Waals surface area contributed by atoms with Crippen LogP contribution in [0, 0.1) is 11.8 Å². The number of fused-ring (bicyclic) bond motifs is 5.